The lowest BCUT2D eigenvalue weighted by Crippen LogP contribution is -2.43. The van der Waals surface area contributed by atoms with Gasteiger partial charge in [0.25, 0.3) is 0 Å². The van der Waals surface area contributed by atoms with Crippen LogP contribution in [0.15, 0.2) is 60.7 Å². The highest BCUT2D eigenvalue weighted by molar-refractivity contribution is 5.61. The lowest BCUT2D eigenvalue weighted by Gasteiger charge is -2.30. The van der Waals surface area contributed by atoms with Crippen molar-refractivity contribution in [3.8, 4) is 0 Å². The van der Waals surface area contributed by atoms with Crippen LogP contribution < -0.4 is 0 Å². The van der Waals surface area contributed by atoms with Crippen LogP contribution in [0.2, 0.25) is 0 Å². The number of benzene rings is 2. The monoisotopic (exact) mass is 358 g/mol. The Hall–Kier alpha value is -2.08. The van der Waals surface area contributed by atoms with Gasteiger partial charge >= 0.3 is 0 Å². The van der Waals surface area contributed by atoms with E-state index in [2.05, 4.69) is 0 Å². The van der Waals surface area contributed by atoms with Gasteiger partial charge in [-0.3, -0.25) is 4.79 Å². The minimum atomic E-state index is -1.42. The number of carbonyl (C=O) groups is 1. The summed E-state index contributed by atoms with van der Waals surface area (Å²) in [6, 6.07) is 19.1. The van der Waals surface area contributed by atoms with Gasteiger partial charge in [0.05, 0.1) is 19.8 Å². The van der Waals surface area contributed by atoms with E-state index in [1.165, 1.54) is 0 Å². The van der Waals surface area contributed by atoms with Crippen LogP contribution in [0.3, 0.4) is 0 Å². The molecule has 1 heterocycles. The molecule has 1 fully saturated rings. The van der Waals surface area contributed by atoms with Crippen molar-refractivity contribution in [2.24, 2.45) is 0 Å². The first kappa shape index (κ1) is 18.7. The van der Waals surface area contributed by atoms with Gasteiger partial charge in [0.1, 0.15) is 12.3 Å². The molecule has 0 N–H and O–H groups in total. The Morgan fingerprint density at radius 2 is 1.58 bits per heavy atom. The molecule has 0 spiro atoms. The molecule has 26 heavy (non-hydrogen) atoms. The van der Waals surface area contributed by atoms with E-state index in [1.54, 1.807) is 0 Å². The first-order chi connectivity index (χ1) is 12.7. The van der Waals surface area contributed by atoms with E-state index >= 15 is 0 Å². The van der Waals surface area contributed by atoms with Gasteiger partial charge in [-0.2, -0.15) is 0 Å². The first-order valence-corrected chi connectivity index (χ1v) is 8.71. The summed E-state index contributed by atoms with van der Waals surface area (Å²) in [7, 11) is 0. The highest BCUT2D eigenvalue weighted by Crippen LogP contribution is 2.39. The van der Waals surface area contributed by atoms with Gasteiger partial charge in [0, 0.05) is 6.42 Å². The molecule has 1 aliphatic rings. The van der Waals surface area contributed by atoms with Gasteiger partial charge in [-0.25, -0.2) is 4.39 Å². The maximum atomic E-state index is 13.7. The topological polar surface area (TPSA) is 44.8 Å². The molecule has 1 saturated heterocycles. The second kappa shape index (κ2) is 8.54. The van der Waals surface area contributed by atoms with Crippen LogP contribution >= 0.6 is 0 Å². The second-order valence-electron chi connectivity index (χ2n) is 6.60. The summed E-state index contributed by atoms with van der Waals surface area (Å²) in [6.07, 6.45) is 1.30. The molecule has 5 heteroatoms. The fourth-order valence-electron chi connectivity index (χ4n) is 3.03. The Morgan fingerprint density at radius 3 is 2.15 bits per heavy atom. The Labute approximate surface area is 152 Å². The minimum Gasteiger partial charge on any atom is -0.374 e. The van der Waals surface area contributed by atoms with E-state index in [-0.39, 0.29) is 13.2 Å². The number of rotatable bonds is 9. The van der Waals surface area contributed by atoms with Crippen molar-refractivity contribution in [2.75, 3.05) is 13.3 Å². The molecule has 1 aliphatic heterocycles. The van der Waals surface area contributed by atoms with Crippen LogP contribution in [-0.2, 0) is 32.2 Å². The maximum absolute atomic E-state index is 13.7. The summed E-state index contributed by atoms with van der Waals surface area (Å²) < 4.78 is 30.9. The molecule has 0 saturated carbocycles. The van der Waals surface area contributed by atoms with Crippen LogP contribution in [-0.4, -0.2) is 31.0 Å². The van der Waals surface area contributed by atoms with E-state index in [1.807, 2.05) is 60.7 Å². The number of carbonyl (C=O) groups excluding carboxylic acids is 1. The lowest BCUT2D eigenvalue weighted by atomic mass is 10.0. The highest BCUT2D eigenvalue weighted by Gasteiger charge is 2.51. The van der Waals surface area contributed by atoms with Crippen LogP contribution in [0.4, 0.5) is 4.39 Å². The summed E-state index contributed by atoms with van der Waals surface area (Å²) in [5.74, 6) is -1.42. The molecule has 0 aliphatic carbocycles. The number of halogens is 1. The molecule has 3 rings (SSSR count). The maximum Gasteiger partial charge on any atom is 0.226 e. The van der Waals surface area contributed by atoms with Gasteiger partial charge in [-0.1, -0.05) is 60.7 Å². The van der Waals surface area contributed by atoms with Crippen LogP contribution in [0.1, 0.15) is 24.0 Å². The smallest absolute Gasteiger partial charge is 0.226 e. The van der Waals surface area contributed by atoms with Crippen molar-refractivity contribution in [1.29, 1.82) is 0 Å². The first-order valence-electron chi connectivity index (χ1n) is 8.71. The Kier molecular flexibility index (Phi) is 6.14. The lowest BCUT2D eigenvalue weighted by molar-refractivity contribution is -0.248. The van der Waals surface area contributed by atoms with Gasteiger partial charge in [-0.15, -0.1) is 0 Å². The zero-order valence-electron chi connectivity index (χ0n) is 14.6. The zero-order chi connectivity index (χ0) is 18.3. The molecule has 0 aromatic heterocycles. The number of aldehydes is 1. The largest absolute Gasteiger partial charge is 0.374 e. The molecular weight excluding hydrogens is 335 g/mol. The SMILES string of the molecule is O=CC1(OCc2ccccc2)CCC(CF)(COCc2ccccc2)O1. The van der Waals surface area contributed by atoms with E-state index in [0.29, 0.717) is 25.7 Å². The summed E-state index contributed by atoms with van der Waals surface area (Å²) >= 11 is 0. The standard InChI is InChI=1S/C21H23FO4/c22-15-20(17-24-13-18-7-3-1-4-8-18)11-12-21(16-23,26-20)25-14-19-9-5-2-6-10-19/h1-10,16H,11-15,17H2. The molecule has 4 nitrogen and oxygen atoms in total. The van der Waals surface area contributed by atoms with Crippen molar-refractivity contribution in [2.45, 2.75) is 37.4 Å². The van der Waals surface area contributed by atoms with E-state index < -0.39 is 18.1 Å². The number of hydrogen-bond donors (Lipinski definition) is 0. The van der Waals surface area contributed by atoms with Crippen molar-refractivity contribution in [3.63, 3.8) is 0 Å². The van der Waals surface area contributed by atoms with Crippen molar-refractivity contribution in [3.05, 3.63) is 71.8 Å². The van der Waals surface area contributed by atoms with E-state index in [0.717, 1.165) is 11.1 Å². The predicted molar refractivity (Wildman–Crippen MR) is 95.1 cm³/mol. The quantitative estimate of drug-likeness (QED) is 0.639. The molecular formula is C21H23FO4. The normalized spacial score (nSPS) is 25.3. The highest BCUT2D eigenvalue weighted by atomic mass is 19.1. The molecule has 2 atom stereocenters. The molecule has 2 unspecified atom stereocenters. The fourth-order valence-corrected chi connectivity index (χ4v) is 3.03. The minimum absolute atomic E-state index is 0.0721. The van der Waals surface area contributed by atoms with Crippen LogP contribution in [0, 0.1) is 0 Å². The molecule has 0 amide bonds. The Balaban J connectivity index is 1.57. The van der Waals surface area contributed by atoms with Crippen molar-refractivity contribution in [1.82, 2.24) is 0 Å². The Morgan fingerprint density at radius 1 is 0.962 bits per heavy atom. The average Bonchev–Trinajstić information content (AvgIpc) is 3.08. The third kappa shape index (κ3) is 4.55. The third-order valence-corrected chi connectivity index (χ3v) is 4.54. The molecule has 2 aromatic carbocycles. The third-order valence-electron chi connectivity index (χ3n) is 4.54. The van der Waals surface area contributed by atoms with Gasteiger partial charge in [0.2, 0.25) is 5.79 Å². The number of ether oxygens (including phenoxy) is 3. The fraction of sp³-hybridized carbons (Fsp3) is 0.381. The molecule has 0 radical (unpaired) electrons. The van der Waals surface area contributed by atoms with Gasteiger partial charge in [-0.05, 0) is 17.5 Å². The summed E-state index contributed by atoms with van der Waals surface area (Å²) in [4.78, 5) is 11.6. The average molecular weight is 358 g/mol. The predicted octanol–water partition coefficient (Wildman–Crippen LogP) is 3.83. The van der Waals surface area contributed by atoms with Crippen LogP contribution in [0.5, 0.6) is 0 Å². The Bertz CT molecular complexity index is 694. The number of hydrogen-bond acceptors (Lipinski definition) is 4. The van der Waals surface area contributed by atoms with E-state index in [9.17, 15) is 9.18 Å². The van der Waals surface area contributed by atoms with Gasteiger partial charge in [0.15, 0.2) is 6.29 Å². The van der Waals surface area contributed by atoms with E-state index in [4.69, 9.17) is 14.2 Å². The van der Waals surface area contributed by atoms with Crippen molar-refractivity contribution >= 4 is 6.29 Å². The summed E-state index contributed by atoms with van der Waals surface area (Å²) in [6.45, 7) is -0.0630. The summed E-state index contributed by atoms with van der Waals surface area (Å²) in [5.41, 5.74) is 0.781. The summed E-state index contributed by atoms with van der Waals surface area (Å²) in [5, 5.41) is 0. The molecule has 0 bridgehead atoms. The van der Waals surface area contributed by atoms with Crippen molar-refractivity contribution < 1.29 is 23.4 Å². The molecule has 138 valence electrons. The van der Waals surface area contributed by atoms with Gasteiger partial charge < -0.3 is 14.2 Å². The van der Waals surface area contributed by atoms with Crippen LogP contribution in [0.25, 0.3) is 0 Å². The number of alkyl halides is 1. The molecule has 2 aromatic rings. The zero-order valence-corrected chi connectivity index (χ0v) is 14.6. The second-order valence-corrected chi connectivity index (χ2v) is 6.60.